The Bertz CT molecular complexity index is 1440. The Hall–Kier alpha value is -4.20. The van der Waals surface area contributed by atoms with Gasteiger partial charge in [0.05, 0.1) is 29.7 Å². The molecular weight excluding hydrogens is 404 g/mol. The number of fused-ring (bicyclic) bond motifs is 2. The van der Waals surface area contributed by atoms with E-state index < -0.39 is 0 Å². The molecule has 8 heteroatoms. The minimum absolute atomic E-state index is 0.202. The van der Waals surface area contributed by atoms with E-state index in [4.69, 9.17) is 4.74 Å². The summed E-state index contributed by atoms with van der Waals surface area (Å²) in [5, 5.41) is 8.63. The molecule has 0 unspecified atom stereocenters. The van der Waals surface area contributed by atoms with Crippen LogP contribution in [0.25, 0.3) is 33.2 Å². The molecule has 0 aliphatic carbocycles. The zero-order valence-electron chi connectivity index (χ0n) is 18.0. The lowest BCUT2D eigenvalue weighted by Crippen LogP contribution is -2.27. The summed E-state index contributed by atoms with van der Waals surface area (Å²) in [5.74, 6) is 0.745. The van der Waals surface area contributed by atoms with E-state index in [1.54, 1.807) is 19.5 Å². The number of nitrogens with zero attached hydrogens (tertiary/aromatic N) is 4. The molecule has 2 aromatic carbocycles. The summed E-state index contributed by atoms with van der Waals surface area (Å²) in [7, 11) is 3.52. The Morgan fingerprint density at radius 3 is 2.75 bits per heavy atom. The number of H-pyrrole nitrogens is 1. The second kappa shape index (κ2) is 7.81. The molecule has 2 N–H and O–H groups in total. The minimum Gasteiger partial charge on any atom is -0.497 e. The lowest BCUT2D eigenvalue weighted by molar-refractivity contribution is 0.0930. The topological polar surface area (TPSA) is 97.7 Å². The highest BCUT2D eigenvalue weighted by molar-refractivity contribution is 6.02. The number of aromatic amines is 1. The minimum atomic E-state index is -0.270. The Labute approximate surface area is 184 Å². The smallest absolute Gasteiger partial charge is 0.287 e. The number of benzene rings is 2. The lowest BCUT2D eigenvalue weighted by atomic mass is 10.1. The van der Waals surface area contributed by atoms with Crippen molar-refractivity contribution in [2.75, 3.05) is 7.11 Å². The van der Waals surface area contributed by atoms with Gasteiger partial charge in [0.2, 0.25) is 0 Å². The quantitative estimate of drug-likeness (QED) is 0.443. The van der Waals surface area contributed by atoms with Crippen LogP contribution in [0, 0.1) is 0 Å². The highest BCUT2D eigenvalue weighted by Gasteiger charge is 2.18. The van der Waals surface area contributed by atoms with Crippen LogP contribution in [0.1, 0.15) is 29.1 Å². The molecule has 0 bridgehead atoms. The molecule has 1 amide bonds. The van der Waals surface area contributed by atoms with E-state index in [9.17, 15) is 4.79 Å². The van der Waals surface area contributed by atoms with E-state index in [1.165, 1.54) is 0 Å². The molecule has 0 fully saturated rings. The first-order valence-corrected chi connectivity index (χ1v) is 10.2. The normalized spacial score (nSPS) is 12.2. The average molecular weight is 426 g/mol. The van der Waals surface area contributed by atoms with Crippen LogP contribution < -0.4 is 10.1 Å². The third-order valence-corrected chi connectivity index (χ3v) is 5.56. The predicted molar refractivity (Wildman–Crippen MR) is 122 cm³/mol. The molecule has 8 nitrogen and oxygen atoms in total. The van der Waals surface area contributed by atoms with Crippen LogP contribution in [0.15, 0.2) is 60.9 Å². The van der Waals surface area contributed by atoms with Crippen LogP contribution >= 0.6 is 0 Å². The van der Waals surface area contributed by atoms with Crippen LogP contribution in [0.2, 0.25) is 0 Å². The van der Waals surface area contributed by atoms with Gasteiger partial charge in [0.15, 0.2) is 5.82 Å². The van der Waals surface area contributed by atoms with Gasteiger partial charge in [-0.15, -0.1) is 0 Å². The second-order valence-electron chi connectivity index (χ2n) is 7.65. The highest BCUT2D eigenvalue weighted by Crippen LogP contribution is 2.30. The first-order valence-electron chi connectivity index (χ1n) is 10.2. The summed E-state index contributed by atoms with van der Waals surface area (Å²) in [4.78, 5) is 24.7. The second-order valence-corrected chi connectivity index (χ2v) is 7.65. The summed E-state index contributed by atoms with van der Waals surface area (Å²) < 4.78 is 7.10. The maximum absolute atomic E-state index is 12.9. The van der Waals surface area contributed by atoms with E-state index in [-0.39, 0.29) is 17.8 Å². The fourth-order valence-electron chi connectivity index (χ4n) is 3.85. The summed E-state index contributed by atoms with van der Waals surface area (Å²) in [6.45, 7) is 1.93. The molecular formula is C24H22N6O2. The number of hydrogen-bond donors (Lipinski definition) is 2. The number of carbonyl (C=O) groups is 1. The fraction of sp³-hybridized carbons (Fsp3) is 0.167. The Kier molecular flexibility index (Phi) is 4.82. The van der Waals surface area contributed by atoms with Crippen LogP contribution in [0.3, 0.4) is 0 Å². The van der Waals surface area contributed by atoms with Gasteiger partial charge in [-0.3, -0.25) is 14.5 Å². The Balaban J connectivity index is 1.47. The van der Waals surface area contributed by atoms with Gasteiger partial charge in [-0.1, -0.05) is 12.1 Å². The molecule has 3 heterocycles. The van der Waals surface area contributed by atoms with Crippen LogP contribution in [-0.4, -0.2) is 37.7 Å². The highest BCUT2D eigenvalue weighted by atomic mass is 16.5. The maximum Gasteiger partial charge on any atom is 0.287 e. The van der Waals surface area contributed by atoms with Crippen molar-refractivity contribution in [3.8, 4) is 17.0 Å². The molecule has 5 aromatic rings. The van der Waals surface area contributed by atoms with Crippen molar-refractivity contribution in [1.82, 2.24) is 30.0 Å². The monoisotopic (exact) mass is 426 g/mol. The zero-order valence-corrected chi connectivity index (χ0v) is 18.0. The number of imidazole rings is 1. The van der Waals surface area contributed by atoms with Crippen molar-refractivity contribution in [1.29, 1.82) is 0 Å². The number of pyridine rings is 1. The van der Waals surface area contributed by atoms with Crippen LogP contribution in [0.4, 0.5) is 0 Å². The van der Waals surface area contributed by atoms with Gasteiger partial charge in [0, 0.05) is 30.4 Å². The largest absolute Gasteiger partial charge is 0.497 e. The van der Waals surface area contributed by atoms with Crippen LogP contribution in [-0.2, 0) is 7.05 Å². The molecule has 0 radical (unpaired) electrons. The molecule has 0 aliphatic rings. The summed E-state index contributed by atoms with van der Waals surface area (Å²) >= 11 is 0. The van der Waals surface area contributed by atoms with E-state index in [0.29, 0.717) is 5.52 Å². The molecule has 0 spiro atoms. The summed E-state index contributed by atoms with van der Waals surface area (Å²) in [5.41, 5.74) is 5.22. The molecule has 3 aromatic heterocycles. The number of carbonyl (C=O) groups excluding carboxylic acids is 1. The third kappa shape index (κ3) is 3.45. The average Bonchev–Trinajstić information content (AvgIpc) is 3.39. The van der Waals surface area contributed by atoms with E-state index in [2.05, 4.69) is 25.4 Å². The van der Waals surface area contributed by atoms with Crippen molar-refractivity contribution in [2.24, 2.45) is 7.05 Å². The van der Waals surface area contributed by atoms with E-state index in [0.717, 1.165) is 39.0 Å². The van der Waals surface area contributed by atoms with Gasteiger partial charge in [0.1, 0.15) is 11.4 Å². The number of aromatic nitrogens is 5. The Morgan fingerprint density at radius 1 is 1.16 bits per heavy atom. The summed E-state index contributed by atoms with van der Waals surface area (Å²) in [6, 6.07) is 15.2. The maximum atomic E-state index is 12.9. The zero-order chi connectivity index (χ0) is 22.2. The Morgan fingerprint density at radius 2 is 1.97 bits per heavy atom. The molecule has 5 rings (SSSR count). The van der Waals surface area contributed by atoms with E-state index >= 15 is 0 Å². The molecule has 0 aliphatic heterocycles. The number of ether oxygens (including phenoxy) is 1. The first-order chi connectivity index (χ1) is 15.5. The van der Waals surface area contributed by atoms with Gasteiger partial charge >= 0.3 is 0 Å². The van der Waals surface area contributed by atoms with Crippen molar-refractivity contribution in [3.63, 3.8) is 0 Å². The third-order valence-electron chi connectivity index (χ3n) is 5.56. The SMILES string of the molecule is COc1cccc([C@@H](C)NC(=O)c2nc3cc4c(-c5ccncc5)nn(C)c4cc3[nH]2)c1. The van der Waals surface area contributed by atoms with Crippen molar-refractivity contribution >= 4 is 27.8 Å². The number of aryl methyl sites for hydroxylation is 1. The number of nitrogens with one attached hydrogen (secondary N) is 2. The standard InChI is InChI=1S/C24H22N6O2/c1-14(16-5-4-6-17(11-16)32-3)26-24(31)23-27-19-12-18-21(13-20(19)28-23)30(2)29-22(18)15-7-9-25-10-8-15/h4-14H,1-3H3,(H,26,31)(H,27,28)/t14-/m1/s1. The fourth-order valence-corrected chi connectivity index (χ4v) is 3.85. The van der Waals surface area contributed by atoms with Gasteiger partial charge < -0.3 is 15.0 Å². The van der Waals surface area contributed by atoms with Gasteiger partial charge in [-0.25, -0.2) is 4.98 Å². The first kappa shape index (κ1) is 19.7. The number of methoxy groups -OCH3 is 1. The molecule has 0 saturated heterocycles. The van der Waals surface area contributed by atoms with Gasteiger partial charge in [-0.05, 0) is 48.9 Å². The van der Waals surface area contributed by atoms with Crippen LogP contribution in [0.5, 0.6) is 5.75 Å². The van der Waals surface area contributed by atoms with Crippen molar-refractivity contribution in [3.05, 3.63) is 72.3 Å². The lowest BCUT2D eigenvalue weighted by Gasteiger charge is -2.14. The molecule has 32 heavy (non-hydrogen) atoms. The predicted octanol–water partition coefficient (Wildman–Crippen LogP) is 4.01. The van der Waals surface area contributed by atoms with E-state index in [1.807, 2.05) is 67.2 Å². The number of rotatable bonds is 5. The molecule has 0 saturated carbocycles. The molecule has 1 atom stereocenters. The molecule has 160 valence electrons. The number of amides is 1. The van der Waals surface area contributed by atoms with Gasteiger partial charge in [0.25, 0.3) is 5.91 Å². The number of hydrogen-bond acceptors (Lipinski definition) is 5. The van der Waals surface area contributed by atoms with Crippen molar-refractivity contribution < 1.29 is 9.53 Å². The van der Waals surface area contributed by atoms with Gasteiger partial charge in [-0.2, -0.15) is 5.10 Å². The summed E-state index contributed by atoms with van der Waals surface area (Å²) in [6.07, 6.45) is 3.49. The van der Waals surface area contributed by atoms with Crippen molar-refractivity contribution in [2.45, 2.75) is 13.0 Å².